The van der Waals surface area contributed by atoms with Gasteiger partial charge in [-0.3, -0.25) is 15.0 Å². The molecule has 0 spiro atoms. The van der Waals surface area contributed by atoms with Gasteiger partial charge in [0.05, 0.1) is 0 Å². The van der Waals surface area contributed by atoms with Crippen molar-refractivity contribution in [1.29, 1.82) is 0 Å². The number of benzene rings is 3. The predicted octanol–water partition coefficient (Wildman–Crippen LogP) is 3.34. The molecule has 1 atom stereocenters. The van der Waals surface area contributed by atoms with Crippen LogP contribution in [0.3, 0.4) is 0 Å². The second kappa shape index (κ2) is 6.81. The van der Waals surface area contributed by atoms with Crippen molar-refractivity contribution in [3.8, 4) is 0 Å². The molecule has 1 aliphatic rings. The number of nitrogens with one attached hydrogen (secondary N) is 2. The average Bonchev–Trinajstić information content (AvgIpc) is 2.99. The molecule has 1 saturated heterocycles. The van der Waals surface area contributed by atoms with Crippen molar-refractivity contribution < 1.29 is 14.4 Å². The Morgan fingerprint density at radius 3 is 2.36 bits per heavy atom. The normalized spacial score (nSPS) is 19.0. The van der Waals surface area contributed by atoms with Crippen LogP contribution >= 0.6 is 0 Å². The fourth-order valence-corrected chi connectivity index (χ4v) is 3.54. The van der Waals surface area contributed by atoms with Crippen LogP contribution in [0.5, 0.6) is 0 Å². The maximum atomic E-state index is 13.1. The Morgan fingerprint density at radius 2 is 1.64 bits per heavy atom. The molecular formula is C22H19N3O3. The van der Waals surface area contributed by atoms with Gasteiger partial charge >= 0.3 is 6.03 Å². The van der Waals surface area contributed by atoms with Gasteiger partial charge in [0.25, 0.3) is 11.8 Å². The molecule has 0 bridgehead atoms. The number of hydrogen-bond acceptors (Lipinski definition) is 3. The molecule has 6 nitrogen and oxygen atoms in total. The highest BCUT2D eigenvalue weighted by Gasteiger charge is 2.52. The lowest BCUT2D eigenvalue weighted by molar-refractivity contribution is -0.133. The minimum absolute atomic E-state index is 0.365. The summed E-state index contributed by atoms with van der Waals surface area (Å²) < 4.78 is 0. The SMILES string of the molecule is CC[C@@]1(c2ccccc2)NC(=O)N(NC(=O)c2ccc3ccccc3c2)C1=O. The number of hydrazine groups is 1. The van der Waals surface area contributed by atoms with Crippen LogP contribution in [0.4, 0.5) is 4.79 Å². The molecular weight excluding hydrogens is 354 g/mol. The van der Waals surface area contributed by atoms with E-state index in [0.29, 0.717) is 17.5 Å². The highest BCUT2D eigenvalue weighted by atomic mass is 16.2. The van der Waals surface area contributed by atoms with Gasteiger partial charge in [-0.15, -0.1) is 0 Å². The molecule has 0 aromatic heterocycles. The fourth-order valence-electron chi connectivity index (χ4n) is 3.54. The molecule has 6 heteroatoms. The summed E-state index contributed by atoms with van der Waals surface area (Å²) in [5.41, 5.74) is 2.31. The summed E-state index contributed by atoms with van der Waals surface area (Å²) in [7, 11) is 0. The van der Waals surface area contributed by atoms with Crippen molar-refractivity contribution in [3.05, 3.63) is 83.9 Å². The third kappa shape index (κ3) is 2.79. The molecule has 4 amide bonds. The van der Waals surface area contributed by atoms with E-state index in [1.165, 1.54) is 0 Å². The van der Waals surface area contributed by atoms with E-state index in [1.807, 2.05) is 55.5 Å². The number of amides is 4. The topological polar surface area (TPSA) is 78.5 Å². The van der Waals surface area contributed by atoms with E-state index in [-0.39, 0.29) is 0 Å². The van der Waals surface area contributed by atoms with Gasteiger partial charge in [0.2, 0.25) is 0 Å². The highest BCUT2D eigenvalue weighted by molar-refractivity contribution is 6.10. The smallest absolute Gasteiger partial charge is 0.318 e. The van der Waals surface area contributed by atoms with Gasteiger partial charge in [-0.25, -0.2) is 4.79 Å². The lowest BCUT2D eigenvalue weighted by atomic mass is 9.87. The fraction of sp³-hybridized carbons (Fsp3) is 0.136. The van der Waals surface area contributed by atoms with Gasteiger partial charge < -0.3 is 5.32 Å². The van der Waals surface area contributed by atoms with Crippen molar-refractivity contribution in [2.45, 2.75) is 18.9 Å². The summed E-state index contributed by atoms with van der Waals surface area (Å²) >= 11 is 0. The van der Waals surface area contributed by atoms with Gasteiger partial charge in [0, 0.05) is 5.56 Å². The van der Waals surface area contributed by atoms with Crippen LogP contribution in [0.15, 0.2) is 72.8 Å². The Kier molecular flexibility index (Phi) is 4.31. The zero-order valence-electron chi connectivity index (χ0n) is 15.3. The molecule has 1 aliphatic heterocycles. The predicted molar refractivity (Wildman–Crippen MR) is 105 cm³/mol. The second-order valence-corrected chi connectivity index (χ2v) is 6.70. The number of rotatable bonds is 4. The van der Waals surface area contributed by atoms with E-state index in [9.17, 15) is 14.4 Å². The summed E-state index contributed by atoms with van der Waals surface area (Å²) in [6.07, 6.45) is 0.365. The average molecular weight is 373 g/mol. The monoisotopic (exact) mass is 373 g/mol. The number of hydrogen-bond donors (Lipinski definition) is 2. The van der Waals surface area contributed by atoms with Crippen molar-refractivity contribution >= 4 is 28.6 Å². The molecule has 0 saturated carbocycles. The van der Waals surface area contributed by atoms with E-state index in [1.54, 1.807) is 24.3 Å². The van der Waals surface area contributed by atoms with E-state index in [2.05, 4.69) is 10.7 Å². The Bertz CT molecular complexity index is 1080. The first-order valence-electron chi connectivity index (χ1n) is 9.07. The summed E-state index contributed by atoms with van der Waals surface area (Å²) in [4.78, 5) is 38.3. The van der Waals surface area contributed by atoms with Crippen LogP contribution in [0.1, 0.15) is 29.3 Å². The van der Waals surface area contributed by atoms with Crippen molar-refractivity contribution in [2.24, 2.45) is 0 Å². The molecule has 1 heterocycles. The van der Waals surface area contributed by atoms with E-state index < -0.39 is 23.4 Å². The summed E-state index contributed by atoms with van der Waals surface area (Å²) in [5.74, 6) is -1.02. The maximum absolute atomic E-state index is 13.1. The number of nitrogens with zero attached hydrogens (tertiary/aromatic N) is 1. The van der Waals surface area contributed by atoms with Gasteiger partial charge in [-0.2, -0.15) is 5.01 Å². The largest absolute Gasteiger partial charge is 0.344 e. The lowest BCUT2D eigenvalue weighted by Crippen LogP contribution is -2.48. The quantitative estimate of drug-likeness (QED) is 0.689. The van der Waals surface area contributed by atoms with E-state index >= 15 is 0 Å². The standard InChI is InChI=1S/C22H19N3O3/c1-2-22(18-10-4-3-5-11-18)20(27)25(21(28)23-22)24-19(26)17-13-12-15-8-6-7-9-16(15)14-17/h3-14H,2H2,1H3,(H,23,28)(H,24,26)/t22-/m0/s1. The number of fused-ring (bicyclic) bond motifs is 1. The Labute approximate surface area is 162 Å². The lowest BCUT2D eigenvalue weighted by Gasteiger charge is -2.25. The van der Waals surface area contributed by atoms with Crippen LogP contribution < -0.4 is 10.7 Å². The first kappa shape index (κ1) is 17.7. The van der Waals surface area contributed by atoms with Crippen LogP contribution in [-0.4, -0.2) is 22.9 Å². The zero-order chi connectivity index (χ0) is 19.7. The molecule has 2 N–H and O–H groups in total. The van der Waals surface area contributed by atoms with Gasteiger partial charge in [0.1, 0.15) is 5.54 Å². The number of carbonyl (C=O) groups is 3. The highest BCUT2D eigenvalue weighted by Crippen LogP contribution is 2.31. The Hall–Kier alpha value is -3.67. The van der Waals surface area contributed by atoms with E-state index in [0.717, 1.165) is 15.8 Å². The van der Waals surface area contributed by atoms with Gasteiger partial charge in [0.15, 0.2) is 0 Å². The molecule has 28 heavy (non-hydrogen) atoms. The third-order valence-corrected chi connectivity index (χ3v) is 5.11. The zero-order valence-corrected chi connectivity index (χ0v) is 15.3. The van der Waals surface area contributed by atoms with Crippen molar-refractivity contribution in [1.82, 2.24) is 15.8 Å². The maximum Gasteiger partial charge on any atom is 0.344 e. The minimum atomic E-state index is -1.19. The minimum Gasteiger partial charge on any atom is -0.318 e. The number of urea groups is 1. The Morgan fingerprint density at radius 1 is 0.964 bits per heavy atom. The summed E-state index contributed by atoms with van der Waals surface area (Å²) in [6.45, 7) is 1.82. The third-order valence-electron chi connectivity index (χ3n) is 5.11. The van der Waals surface area contributed by atoms with E-state index in [4.69, 9.17) is 0 Å². The molecule has 0 radical (unpaired) electrons. The number of imide groups is 1. The van der Waals surface area contributed by atoms with Crippen LogP contribution in [-0.2, 0) is 10.3 Å². The summed E-state index contributed by atoms with van der Waals surface area (Å²) in [6, 6.07) is 21.3. The molecule has 3 aromatic rings. The van der Waals surface area contributed by atoms with Crippen LogP contribution in [0.25, 0.3) is 10.8 Å². The second-order valence-electron chi connectivity index (χ2n) is 6.70. The molecule has 4 rings (SSSR count). The first-order valence-corrected chi connectivity index (χ1v) is 9.07. The van der Waals surface area contributed by atoms with Crippen LogP contribution in [0, 0.1) is 0 Å². The number of carbonyl (C=O) groups excluding carboxylic acids is 3. The molecule has 0 unspecified atom stereocenters. The van der Waals surface area contributed by atoms with Crippen LogP contribution in [0.2, 0.25) is 0 Å². The van der Waals surface area contributed by atoms with Gasteiger partial charge in [-0.05, 0) is 34.9 Å². The van der Waals surface area contributed by atoms with Crippen molar-refractivity contribution in [2.75, 3.05) is 0 Å². The molecule has 3 aromatic carbocycles. The molecule has 0 aliphatic carbocycles. The molecule has 140 valence electrons. The first-order chi connectivity index (χ1) is 13.5. The molecule has 1 fully saturated rings. The van der Waals surface area contributed by atoms with Crippen molar-refractivity contribution in [3.63, 3.8) is 0 Å². The summed E-state index contributed by atoms with van der Waals surface area (Å²) in [5, 5.41) is 5.42. The van der Waals surface area contributed by atoms with Gasteiger partial charge in [-0.1, -0.05) is 67.6 Å². The Balaban J connectivity index is 1.61.